The number of imidazole rings is 1. The van der Waals surface area contributed by atoms with E-state index in [9.17, 15) is 0 Å². The number of pyridine rings is 1. The van der Waals surface area contributed by atoms with Gasteiger partial charge in [0.25, 0.3) is 0 Å². The van der Waals surface area contributed by atoms with Crippen molar-refractivity contribution in [3.05, 3.63) is 53.7 Å². The topological polar surface area (TPSA) is 42.7 Å². The van der Waals surface area contributed by atoms with Crippen LogP contribution in [0.3, 0.4) is 0 Å². The second-order valence-corrected chi connectivity index (χ2v) is 4.93. The Balaban J connectivity index is 1.90. The maximum absolute atomic E-state index is 6.17. The third-order valence-corrected chi connectivity index (χ3v) is 3.62. The maximum atomic E-state index is 6.17. The zero-order valence-electron chi connectivity index (χ0n) is 11.2. The lowest BCUT2D eigenvalue weighted by Gasteiger charge is -2.11. The van der Waals surface area contributed by atoms with Gasteiger partial charge in [0.2, 0.25) is 0 Å². The van der Waals surface area contributed by atoms with Gasteiger partial charge < -0.3 is 9.88 Å². The third-order valence-electron chi connectivity index (χ3n) is 3.32. The monoisotopic (exact) mass is 286 g/mol. The fourth-order valence-corrected chi connectivity index (χ4v) is 2.47. The van der Waals surface area contributed by atoms with Crippen molar-refractivity contribution in [2.45, 2.75) is 20.0 Å². The van der Waals surface area contributed by atoms with Gasteiger partial charge in [-0.1, -0.05) is 11.6 Å². The van der Waals surface area contributed by atoms with E-state index in [2.05, 4.69) is 26.8 Å². The number of aromatic nitrogens is 3. The van der Waals surface area contributed by atoms with Crippen LogP contribution in [0.15, 0.2) is 43.0 Å². The van der Waals surface area contributed by atoms with Gasteiger partial charge in [-0.2, -0.15) is 0 Å². The van der Waals surface area contributed by atoms with Crippen LogP contribution in [0.4, 0.5) is 5.69 Å². The summed E-state index contributed by atoms with van der Waals surface area (Å²) in [5, 5.41) is 5.13. The molecule has 5 heteroatoms. The maximum Gasteiger partial charge on any atom is 0.0948 e. The minimum Gasteiger partial charge on any atom is -0.379 e. The lowest BCUT2D eigenvalue weighted by molar-refractivity contribution is 0.720. The molecule has 0 unspecified atom stereocenters. The molecule has 0 fully saturated rings. The average Bonchev–Trinajstić information content (AvgIpc) is 2.94. The van der Waals surface area contributed by atoms with Crippen LogP contribution in [0.25, 0.3) is 10.9 Å². The SMILES string of the molecule is CCn1cncc1CNc1ccc(Cl)c2ncccc12. The number of hydrogen-bond acceptors (Lipinski definition) is 3. The van der Waals surface area contributed by atoms with Crippen molar-refractivity contribution in [3.8, 4) is 0 Å². The van der Waals surface area contributed by atoms with Crippen molar-refractivity contribution in [1.82, 2.24) is 14.5 Å². The number of aryl methyl sites for hydroxylation is 1. The molecule has 0 spiro atoms. The summed E-state index contributed by atoms with van der Waals surface area (Å²) in [5.74, 6) is 0. The van der Waals surface area contributed by atoms with Gasteiger partial charge in [-0.25, -0.2) is 4.98 Å². The van der Waals surface area contributed by atoms with Crippen LogP contribution < -0.4 is 5.32 Å². The Hall–Kier alpha value is -2.07. The molecule has 0 aliphatic heterocycles. The van der Waals surface area contributed by atoms with E-state index in [0.29, 0.717) is 5.02 Å². The quantitative estimate of drug-likeness (QED) is 0.795. The summed E-state index contributed by atoms with van der Waals surface area (Å²) in [7, 11) is 0. The second-order valence-electron chi connectivity index (χ2n) is 4.52. The van der Waals surface area contributed by atoms with E-state index in [-0.39, 0.29) is 0 Å². The molecule has 0 bridgehead atoms. The summed E-state index contributed by atoms with van der Waals surface area (Å²) in [5.41, 5.74) is 3.00. The molecule has 0 aliphatic rings. The zero-order valence-corrected chi connectivity index (χ0v) is 11.9. The van der Waals surface area contributed by atoms with E-state index in [0.717, 1.165) is 35.4 Å². The molecule has 3 aromatic rings. The lowest BCUT2D eigenvalue weighted by Crippen LogP contribution is -2.06. The Bertz CT molecular complexity index is 736. The molecule has 0 saturated heterocycles. The predicted molar refractivity (Wildman–Crippen MR) is 82.0 cm³/mol. The number of benzene rings is 1. The second kappa shape index (κ2) is 5.51. The van der Waals surface area contributed by atoms with Gasteiger partial charge in [-0.3, -0.25) is 4.98 Å². The third kappa shape index (κ3) is 2.34. The molecular weight excluding hydrogens is 272 g/mol. The van der Waals surface area contributed by atoms with Gasteiger partial charge in [0, 0.05) is 30.0 Å². The van der Waals surface area contributed by atoms with Crippen molar-refractivity contribution in [2.75, 3.05) is 5.32 Å². The molecule has 102 valence electrons. The summed E-state index contributed by atoms with van der Waals surface area (Å²) in [6, 6.07) is 7.79. The van der Waals surface area contributed by atoms with E-state index < -0.39 is 0 Å². The summed E-state index contributed by atoms with van der Waals surface area (Å²) in [4.78, 5) is 8.50. The number of fused-ring (bicyclic) bond motifs is 1. The van der Waals surface area contributed by atoms with Crippen molar-refractivity contribution in [2.24, 2.45) is 0 Å². The van der Waals surface area contributed by atoms with Crippen LogP contribution >= 0.6 is 11.6 Å². The van der Waals surface area contributed by atoms with Gasteiger partial charge in [0.05, 0.1) is 29.1 Å². The number of nitrogens with one attached hydrogen (secondary N) is 1. The normalized spacial score (nSPS) is 10.9. The molecule has 0 aliphatic carbocycles. The number of halogens is 1. The number of nitrogens with zero attached hydrogens (tertiary/aromatic N) is 3. The molecule has 0 radical (unpaired) electrons. The number of hydrogen-bond donors (Lipinski definition) is 1. The van der Waals surface area contributed by atoms with Crippen LogP contribution in [0.1, 0.15) is 12.6 Å². The van der Waals surface area contributed by atoms with Gasteiger partial charge >= 0.3 is 0 Å². The highest BCUT2D eigenvalue weighted by molar-refractivity contribution is 6.35. The van der Waals surface area contributed by atoms with E-state index in [4.69, 9.17) is 11.6 Å². The minimum absolute atomic E-state index is 0.671. The first-order chi connectivity index (χ1) is 9.79. The Labute approximate surface area is 122 Å². The Morgan fingerprint density at radius 1 is 1.30 bits per heavy atom. The first-order valence-corrected chi connectivity index (χ1v) is 6.93. The van der Waals surface area contributed by atoms with Gasteiger partial charge in [0.1, 0.15) is 0 Å². The van der Waals surface area contributed by atoms with Gasteiger partial charge in [0.15, 0.2) is 0 Å². The Morgan fingerprint density at radius 2 is 2.20 bits per heavy atom. The average molecular weight is 287 g/mol. The van der Waals surface area contributed by atoms with Crippen LogP contribution in [-0.4, -0.2) is 14.5 Å². The molecule has 0 amide bonds. The summed E-state index contributed by atoms with van der Waals surface area (Å²) in [6.07, 6.45) is 5.48. The van der Waals surface area contributed by atoms with Gasteiger partial charge in [-0.05, 0) is 31.2 Å². The van der Waals surface area contributed by atoms with Crippen LogP contribution in [0.5, 0.6) is 0 Å². The fourth-order valence-electron chi connectivity index (χ4n) is 2.26. The number of anilines is 1. The smallest absolute Gasteiger partial charge is 0.0948 e. The van der Waals surface area contributed by atoms with Crippen LogP contribution in [0.2, 0.25) is 5.02 Å². The predicted octanol–water partition coefficient (Wildman–Crippen LogP) is 3.72. The van der Waals surface area contributed by atoms with Crippen molar-refractivity contribution < 1.29 is 0 Å². The Kier molecular flexibility index (Phi) is 3.56. The highest BCUT2D eigenvalue weighted by Crippen LogP contribution is 2.28. The summed E-state index contributed by atoms with van der Waals surface area (Å²) >= 11 is 6.17. The molecule has 0 atom stereocenters. The van der Waals surface area contributed by atoms with Gasteiger partial charge in [-0.15, -0.1) is 0 Å². The molecule has 20 heavy (non-hydrogen) atoms. The lowest BCUT2D eigenvalue weighted by atomic mass is 10.2. The first-order valence-electron chi connectivity index (χ1n) is 6.55. The molecule has 3 rings (SSSR count). The molecule has 4 nitrogen and oxygen atoms in total. The van der Waals surface area contributed by atoms with E-state index >= 15 is 0 Å². The first kappa shape index (κ1) is 12.9. The molecule has 1 N–H and O–H groups in total. The van der Waals surface area contributed by atoms with Crippen LogP contribution in [-0.2, 0) is 13.1 Å². The molecule has 2 heterocycles. The highest BCUT2D eigenvalue weighted by Gasteiger charge is 2.06. The van der Waals surface area contributed by atoms with E-state index in [1.165, 1.54) is 0 Å². The minimum atomic E-state index is 0.671. The van der Waals surface area contributed by atoms with Crippen molar-refractivity contribution >= 4 is 28.2 Å². The standard InChI is InChI=1S/C15H15ClN4/c1-2-20-10-17-8-11(20)9-19-14-6-5-13(16)15-12(14)4-3-7-18-15/h3-8,10,19H,2,9H2,1H3. The molecular formula is C15H15ClN4. The molecule has 2 aromatic heterocycles. The van der Waals surface area contributed by atoms with Crippen molar-refractivity contribution in [3.63, 3.8) is 0 Å². The van der Waals surface area contributed by atoms with Crippen LogP contribution in [0, 0.1) is 0 Å². The summed E-state index contributed by atoms with van der Waals surface area (Å²) in [6.45, 7) is 3.74. The molecule has 1 aromatic carbocycles. The molecule has 0 saturated carbocycles. The largest absolute Gasteiger partial charge is 0.379 e. The number of rotatable bonds is 4. The zero-order chi connectivity index (χ0) is 13.9. The fraction of sp³-hybridized carbons (Fsp3) is 0.200. The van der Waals surface area contributed by atoms with E-state index in [1.54, 1.807) is 6.20 Å². The summed E-state index contributed by atoms with van der Waals surface area (Å²) < 4.78 is 2.11. The van der Waals surface area contributed by atoms with Crippen molar-refractivity contribution in [1.29, 1.82) is 0 Å². The Morgan fingerprint density at radius 3 is 3.05 bits per heavy atom. The highest BCUT2D eigenvalue weighted by atomic mass is 35.5. The van der Waals surface area contributed by atoms with E-state index in [1.807, 2.05) is 36.8 Å².